The summed E-state index contributed by atoms with van der Waals surface area (Å²) in [6, 6.07) is 8.65. The molecule has 1 aliphatic rings. The van der Waals surface area contributed by atoms with Crippen LogP contribution in [-0.2, 0) is 14.4 Å². The molecule has 0 aliphatic heterocycles. The van der Waals surface area contributed by atoms with Gasteiger partial charge in [0.1, 0.15) is 5.75 Å². The minimum absolute atomic E-state index is 0.0359. The van der Waals surface area contributed by atoms with Crippen molar-refractivity contribution in [3.8, 4) is 5.75 Å². The van der Waals surface area contributed by atoms with E-state index in [2.05, 4.69) is 4.74 Å². The lowest BCUT2D eigenvalue weighted by Crippen LogP contribution is -2.28. The predicted octanol–water partition coefficient (Wildman–Crippen LogP) is 3.17. The zero-order valence-corrected chi connectivity index (χ0v) is 14.4. The topological polar surface area (TPSA) is 138 Å². The van der Waals surface area contributed by atoms with Gasteiger partial charge < -0.3 is 20.1 Å². The Kier molecular flexibility index (Phi) is 10.1. The number of carboxylic acids is 2. The minimum atomic E-state index is -1.08. The second kappa shape index (κ2) is 11.4. The Bertz CT molecular complexity index is 696. The molecule has 26 heavy (non-hydrogen) atoms. The lowest BCUT2D eigenvalue weighted by Gasteiger charge is -2.23. The van der Waals surface area contributed by atoms with Crippen molar-refractivity contribution in [1.82, 2.24) is 0 Å². The average molecular weight is 385 g/mol. The van der Waals surface area contributed by atoms with Crippen molar-refractivity contribution in [3.05, 3.63) is 54.1 Å². The molecule has 3 N–H and O–H groups in total. The predicted molar refractivity (Wildman–Crippen MR) is 92.2 cm³/mol. The van der Waals surface area contributed by atoms with Crippen LogP contribution in [0.2, 0.25) is 0 Å². The van der Waals surface area contributed by atoms with E-state index in [-0.39, 0.29) is 18.5 Å². The van der Waals surface area contributed by atoms with Gasteiger partial charge >= 0.3 is 17.4 Å². The molecule has 1 aromatic rings. The van der Waals surface area contributed by atoms with Crippen LogP contribution in [0.5, 0.6) is 5.75 Å². The van der Waals surface area contributed by atoms with Gasteiger partial charge in [-0.25, -0.2) is 9.59 Å². The number of halogens is 1. The molecule has 9 heteroatoms. The summed E-state index contributed by atoms with van der Waals surface area (Å²) in [6.07, 6.45) is 4.43. The lowest BCUT2D eigenvalue weighted by atomic mass is 9.80. The zero-order valence-electron chi connectivity index (χ0n) is 13.7. The summed E-state index contributed by atoms with van der Waals surface area (Å²) in [5.74, 6) is -1.60. The molecule has 0 heterocycles. The van der Waals surface area contributed by atoms with Crippen LogP contribution in [-0.4, -0.2) is 39.2 Å². The van der Waals surface area contributed by atoms with Gasteiger partial charge in [-0.2, -0.15) is 0 Å². The van der Waals surface area contributed by atoms with Gasteiger partial charge in [0.05, 0.1) is 5.41 Å². The first-order chi connectivity index (χ1) is 12.2. The smallest absolute Gasteiger partial charge is 0.409 e. The zero-order chi connectivity index (χ0) is 20.2. The van der Waals surface area contributed by atoms with Gasteiger partial charge in [0.15, 0.2) is 0 Å². The molecule has 0 spiro atoms. The molecule has 8 nitrogen and oxygen atoms in total. The van der Waals surface area contributed by atoms with E-state index in [1.54, 1.807) is 24.3 Å². The number of hydrogen-bond acceptors (Lipinski definition) is 5. The third-order valence-corrected chi connectivity index (χ3v) is 3.10. The van der Waals surface area contributed by atoms with Crippen LogP contribution in [0.25, 0.3) is 0 Å². The largest absolute Gasteiger partial charge is 0.483 e. The maximum absolute atomic E-state index is 10.8. The minimum Gasteiger partial charge on any atom is -0.483 e. The van der Waals surface area contributed by atoms with Gasteiger partial charge in [-0.15, -0.1) is 0 Å². The van der Waals surface area contributed by atoms with Gasteiger partial charge in [-0.05, 0) is 25.5 Å². The summed E-state index contributed by atoms with van der Waals surface area (Å²) in [6.45, 7) is 1.25. The van der Waals surface area contributed by atoms with Crippen molar-refractivity contribution in [2.24, 2.45) is 5.41 Å². The second-order valence-corrected chi connectivity index (χ2v) is 5.32. The van der Waals surface area contributed by atoms with Crippen molar-refractivity contribution in [2.45, 2.75) is 13.3 Å². The molecule has 0 amide bonds. The number of aliphatic carboxylic acids is 2. The maximum atomic E-state index is 10.8. The van der Waals surface area contributed by atoms with E-state index in [0.717, 1.165) is 0 Å². The molecule has 1 aliphatic carbocycles. The Hall–Kier alpha value is -3.13. The first-order valence-corrected chi connectivity index (χ1v) is 7.39. The van der Waals surface area contributed by atoms with Gasteiger partial charge in [0, 0.05) is 17.2 Å². The molecule has 0 fully saturated rings. The molecule has 0 aromatic heterocycles. The van der Waals surface area contributed by atoms with E-state index in [0.29, 0.717) is 5.75 Å². The summed E-state index contributed by atoms with van der Waals surface area (Å²) in [4.78, 5) is 39.9. The first-order valence-electron chi connectivity index (χ1n) is 7.01. The molecule has 0 saturated carbocycles. The number of rotatable bonds is 3. The number of carbonyl (C=O) groups is 4. The van der Waals surface area contributed by atoms with Crippen LogP contribution in [0, 0.1) is 5.41 Å². The fourth-order valence-corrected chi connectivity index (χ4v) is 1.85. The number of para-hydroxylation sites is 1. The number of ether oxygens (including phenoxy) is 1. The van der Waals surface area contributed by atoms with Crippen LogP contribution in [0.1, 0.15) is 13.3 Å². The summed E-state index contributed by atoms with van der Waals surface area (Å²) in [5, 5.41) is 24.4. The Morgan fingerprint density at radius 2 is 1.73 bits per heavy atom. The van der Waals surface area contributed by atoms with Crippen molar-refractivity contribution in [2.75, 3.05) is 0 Å². The average Bonchev–Trinajstić information content (AvgIpc) is 2.56. The van der Waals surface area contributed by atoms with E-state index in [1.807, 2.05) is 6.07 Å². The highest BCUT2D eigenvalue weighted by Crippen LogP contribution is 2.31. The highest BCUT2D eigenvalue weighted by Gasteiger charge is 2.34. The lowest BCUT2D eigenvalue weighted by molar-refractivity contribution is -0.145. The third-order valence-electron chi connectivity index (χ3n) is 3.02. The van der Waals surface area contributed by atoms with E-state index in [1.165, 1.54) is 25.2 Å². The van der Waals surface area contributed by atoms with Gasteiger partial charge in [-0.3, -0.25) is 9.59 Å². The fraction of sp³-hybridized carbons (Fsp3) is 0.176. The van der Waals surface area contributed by atoms with Crippen LogP contribution in [0.4, 0.5) is 4.79 Å². The quantitative estimate of drug-likeness (QED) is 0.533. The summed E-state index contributed by atoms with van der Waals surface area (Å²) < 4.78 is 4.54. The molecule has 140 valence electrons. The SMILES string of the molecule is CC1(C(=O)O)C=CC=C(C(=O)O)C1.O=C(Cl)Oc1ccccc1.O=CO. The summed E-state index contributed by atoms with van der Waals surface area (Å²) in [5.41, 5.74) is -1.76. The fourth-order valence-electron chi connectivity index (χ4n) is 1.77. The molecule has 0 bridgehead atoms. The maximum Gasteiger partial charge on any atom is 0.409 e. The summed E-state index contributed by atoms with van der Waals surface area (Å²) >= 11 is 4.95. The number of allylic oxidation sites excluding steroid dienone is 2. The van der Waals surface area contributed by atoms with Crippen LogP contribution >= 0.6 is 11.6 Å². The summed E-state index contributed by atoms with van der Waals surface area (Å²) in [7, 11) is 0. The van der Waals surface area contributed by atoms with Crippen molar-refractivity contribution < 1.29 is 39.2 Å². The van der Waals surface area contributed by atoms with Gasteiger partial charge in [-0.1, -0.05) is 36.4 Å². The normalized spacial score (nSPS) is 17.2. The Labute approximate surface area is 154 Å². The molecule has 0 radical (unpaired) electrons. The van der Waals surface area contributed by atoms with Gasteiger partial charge in [0.2, 0.25) is 0 Å². The van der Waals surface area contributed by atoms with Crippen LogP contribution in [0.15, 0.2) is 54.1 Å². The number of benzene rings is 1. The Balaban J connectivity index is 0.000000428. The standard InChI is InChI=1S/C9H10O4.C7H5ClO2.CH2O2/c1-9(8(12)13)4-2-3-6(5-9)7(10)11;8-7(9)10-6-4-2-1-3-5-6;2-1-3/h2-4H,5H2,1H3,(H,10,11)(H,12,13);1-5H;1H,(H,2,3). The van der Waals surface area contributed by atoms with E-state index >= 15 is 0 Å². The molecule has 0 saturated heterocycles. The van der Waals surface area contributed by atoms with Crippen molar-refractivity contribution in [3.63, 3.8) is 0 Å². The Morgan fingerprint density at radius 3 is 2.15 bits per heavy atom. The molecule has 1 unspecified atom stereocenters. The highest BCUT2D eigenvalue weighted by molar-refractivity contribution is 6.61. The molecular formula is C17H17ClO8. The molecule has 1 aromatic carbocycles. The van der Waals surface area contributed by atoms with E-state index in [9.17, 15) is 14.4 Å². The Morgan fingerprint density at radius 1 is 1.19 bits per heavy atom. The van der Waals surface area contributed by atoms with E-state index < -0.39 is 22.8 Å². The monoisotopic (exact) mass is 384 g/mol. The molecule has 2 rings (SSSR count). The van der Waals surface area contributed by atoms with Crippen LogP contribution in [0.3, 0.4) is 0 Å². The number of carbonyl (C=O) groups excluding carboxylic acids is 1. The van der Waals surface area contributed by atoms with Crippen LogP contribution < -0.4 is 4.74 Å². The highest BCUT2D eigenvalue weighted by atomic mass is 35.5. The van der Waals surface area contributed by atoms with E-state index in [4.69, 9.17) is 31.7 Å². The molecular weight excluding hydrogens is 368 g/mol. The third kappa shape index (κ3) is 8.65. The second-order valence-electron chi connectivity index (χ2n) is 5.01. The van der Waals surface area contributed by atoms with Crippen molar-refractivity contribution >= 4 is 35.4 Å². The van der Waals surface area contributed by atoms with Crippen molar-refractivity contribution in [1.29, 1.82) is 0 Å². The first kappa shape index (κ1) is 22.9. The van der Waals surface area contributed by atoms with Gasteiger partial charge in [0.25, 0.3) is 6.47 Å². The number of carboxylic acid groups (broad SMARTS) is 3. The number of hydrogen-bond donors (Lipinski definition) is 3. The molecule has 1 atom stereocenters.